The quantitative estimate of drug-likeness (QED) is 0.483. The highest BCUT2D eigenvalue weighted by molar-refractivity contribution is 4.94. The second-order valence-electron chi connectivity index (χ2n) is 4.04. The highest BCUT2D eigenvalue weighted by atomic mass is 14.5. The number of hydrogen-bond donors (Lipinski definition) is 0. The van der Waals surface area contributed by atoms with E-state index in [9.17, 15) is 0 Å². The lowest BCUT2D eigenvalue weighted by molar-refractivity contribution is 0.535. The second-order valence-corrected chi connectivity index (χ2v) is 4.04. The SMILES string of the molecule is CC1CC2CC2C1.CCC. The van der Waals surface area contributed by atoms with Crippen molar-refractivity contribution in [1.29, 1.82) is 0 Å². The molecule has 2 rings (SSSR count). The number of fused-ring (bicyclic) bond motifs is 1. The molecule has 2 fully saturated rings. The zero-order valence-electron chi connectivity index (χ0n) is 7.56. The highest BCUT2D eigenvalue weighted by Gasteiger charge is 2.43. The normalized spacial score (nSPS) is 41.7. The summed E-state index contributed by atoms with van der Waals surface area (Å²) in [7, 11) is 0. The van der Waals surface area contributed by atoms with Crippen molar-refractivity contribution in [3.63, 3.8) is 0 Å². The van der Waals surface area contributed by atoms with Gasteiger partial charge < -0.3 is 0 Å². The van der Waals surface area contributed by atoms with Crippen molar-refractivity contribution in [3.05, 3.63) is 0 Å². The molecule has 2 unspecified atom stereocenters. The van der Waals surface area contributed by atoms with Crippen molar-refractivity contribution in [1.82, 2.24) is 0 Å². The van der Waals surface area contributed by atoms with Crippen LogP contribution in [0.4, 0.5) is 0 Å². The van der Waals surface area contributed by atoms with Crippen molar-refractivity contribution in [2.75, 3.05) is 0 Å². The Hall–Kier alpha value is 0. The molecule has 0 aliphatic heterocycles. The van der Waals surface area contributed by atoms with E-state index in [1.807, 2.05) is 0 Å². The van der Waals surface area contributed by atoms with E-state index in [1.165, 1.54) is 18.3 Å². The molecule has 0 radical (unpaired) electrons. The Balaban J connectivity index is 0.000000148. The van der Waals surface area contributed by atoms with E-state index in [-0.39, 0.29) is 0 Å². The molecule has 2 saturated carbocycles. The summed E-state index contributed by atoms with van der Waals surface area (Å²) < 4.78 is 0. The molecule has 60 valence electrons. The lowest BCUT2D eigenvalue weighted by Gasteiger charge is -1.98. The molecule has 0 aromatic rings. The standard InChI is InChI=1S/C7H12.C3H8/c1-5-2-6-4-7(6)3-5;1-3-2/h5-7H,2-4H2,1H3;3H2,1-2H3. The Kier molecular flexibility index (Phi) is 2.76. The summed E-state index contributed by atoms with van der Waals surface area (Å²) in [5.74, 6) is 3.45. The molecule has 2 aliphatic rings. The average Bonchev–Trinajstić information content (AvgIpc) is 2.42. The summed E-state index contributed by atoms with van der Waals surface area (Å²) in [6.45, 7) is 6.63. The van der Waals surface area contributed by atoms with E-state index >= 15 is 0 Å². The Morgan fingerprint density at radius 3 is 1.60 bits per heavy atom. The van der Waals surface area contributed by atoms with Gasteiger partial charge in [0.05, 0.1) is 0 Å². The zero-order chi connectivity index (χ0) is 7.56. The fraction of sp³-hybridized carbons (Fsp3) is 1.00. The Morgan fingerprint density at radius 2 is 1.40 bits per heavy atom. The van der Waals surface area contributed by atoms with E-state index in [1.54, 1.807) is 19.3 Å². The fourth-order valence-electron chi connectivity index (χ4n) is 2.02. The van der Waals surface area contributed by atoms with E-state index in [0.717, 1.165) is 5.92 Å². The Bertz CT molecular complexity index is 86.2. The van der Waals surface area contributed by atoms with Gasteiger partial charge in [-0.1, -0.05) is 27.2 Å². The maximum atomic E-state index is 2.38. The molecule has 10 heavy (non-hydrogen) atoms. The predicted molar refractivity (Wildman–Crippen MR) is 46.0 cm³/mol. The van der Waals surface area contributed by atoms with Gasteiger partial charge >= 0.3 is 0 Å². The van der Waals surface area contributed by atoms with Crippen LogP contribution in [0.1, 0.15) is 46.5 Å². The van der Waals surface area contributed by atoms with Gasteiger partial charge in [0.15, 0.2) is 0 Å². The molecule has 0 bridgehead atoms. The maximum Gasteiger partial charge on any atom is -0.0380 e. The molecular formula is C10H20. The van der Waals surface area contributed by atoms with Gasteiger partial charge in [-0.05, 0) is 37.0 Å². The monoisotopic (exact) mass is 140 g/mol. The summed E-state index contributed by atoms with van der Waals surface area (Å²) in [6.07, 6.45) is 5.92. The third kappa shape index (κ3) is 2.00. The van der Waals surface area contributed by atoms with Gasteiger partial charge in [-0.15, -0.1) is 0 Å². The van der Waals surface area contributed by atoms with Crippen LogP contribution in [0, 0.1) is 17.8 Å². The molecule has 0 heterocycles. The molecule has 2 aliphatic carbocycles. The zero-order valence-corrected chi connectivity index (χ0v) is 7.56. The summed E-state index contributed by atoms with van der Waals surface area (Å²) in [4.78, 5) is 0. The van der Waals surface area contributed by atoms with Gasteiger partial charge in [-0.25, -0.2) is 0 Å². The third-order valence-electron chi connectivity index (χ3n) is 2.48. The van der Waals surface area contributed by atoms with Crippen molar-refractivity contribution in [2.45, 2.75) is 46.5 Å². The number of rotatable bonds is 0. The van der Waals surface area contributed by atoms with Crippen molar-refractivity contribution in [3.8, 4) is 0 Å². The van der Waals surface area contributed by atoms with Crippen LogP contribution in [-0.4, -0.2) is 0 Å². The number of hydrogen-bond acceptors (Lipinski definition) is 0. The Labute approximate surface area is 65.0 Å². The van der Waals surface area contributed by atoms with Gasteiger partial charge in [0, 0.05) is 0 Å². The van der Waals surface area contributed by atoms with Crippen LogP contribution in [0.5, 0.6) is 0 Å². The summed E-state index contributed by atoms with van der Waals surface area (Å²) in [5.41, 5.74) is 0. The maximum absolute atomic E-state index is 2.38. The Morgan fingerprint density at radius 1 is 1.00 bits per heavy atom. The minimum absolute atomic E-state index is 1.07. The summed E-state index contributed by atoms with van der Waals surface area (Å²) in [5, 5.41) is 0. The van der Waals surface area contributed by atoms with Crippen LogP contribution in [0.3, 0.4) is 0 Å². The molecular weight excluding hydrogens is 120 g/mol. The van der Waals surface area contributed by atoms with Crippen LogP contribution < -0.4 is 0 Å². The predicted octanol–water partition coefficient (Wildman–Crippen LogP) is 3.47. The molecule has 0 heteroatoms. The average molecular weight is 140 g/mol. The molecule has 0 N–H and O–H groups in total. The van der Waals surface area contributed by atoms with Crippen LogP contribution in [0.15, 0.2) is 0 Å². The first kappa shape index (κ1) is 8.10. The van der Waals surface area contributed by atoms with Crippen LogP contribution in [-0.2, 0) is 0 Å². The largest absolute Gasteiger partial charge is 0.0656 e. The minimum Gasteiger partial charge on any atom is -0.0656 e. The van der Waals surface area contributed by atoms with Gasteiger partial charge in [0.2, 0.25) is 0 Å². The van der Waals surface area contributed by atoms with E-state index in [4.69, 9.17) is 0 Å². The smallest absolute Gasteiger partial charge is 0.0380 e. The lowest BCUT2D eigenvalue weighted by atomic mass is 10.1. The van der Waals surface area contributed by atoms with Gasteiger partial charge in [-0.3, -0.25) is 0 Å². The molecule has 0 aromatic carbocycles. The molecule has 2 atom stereocenters. The molecule has 0 nitrogen and oxygen atoms in total. The summed E-state index contributed by atoms with van der Waals surface area (Å²) >= 11 is 0. The van der Waals surface area contributed by atoms with E-state index < -0.39 is 0 Å². The fourth-order valence-corrected chi connectivity index (χ4v) is 2.02. The third-order valence-corrected chi connectivity index (χ3v) is 2.48. The van der Waals surface area contributed by atoms with Crippen LogP contribution >= 0.6 is 0 Å². The van der Waals surface area contributed by atoms with Crippen LogP contribution in [0.2, 0.25) is 0 Å². The van der Waals surface area contributed by atoms with E-state index in [0.29, 0.717) is 0 Å². The molecule has 0 amide bonds. The minimum atomic E-state index is 1.07. The van der Waals surface area contributed by atoms with Gasteiger partial charge in [0.25, 0.3) is 0 Å². The molecule has 0 aromatic heterocycles. The van der Waals surface area contributed by atoms with Gasteiger partial charge in [0.1, 0.15) is 0 Å². The molecule has 0 saturated heterocycles. The first-order valence-electron chi connectivity index (χ1n) is 4.77. The topological polar surface area (TPSA) is 0 Å². The lowest BCUT2D eigenvalue weighted by Crippen LogP contribution is -1.86. The highest BCUT2D eigenvalue weighted by Crippen LogP contribution is 2.53. The second kappa shape index (κ2) is 3.41. The first-order chi connectivity index (χ1) is 4.77. The van der Waals surface area contributed by atoms with E-state index in [2.05, 4.69) is 20.8 Å². The van der Waals surface area contributed by atoms with Crippen molar-refractivity contribution in [2.24, 2.45) is 17.8 Å². The van der Waals surface area contributed by atoms with Gasteiger partial charge in [-0.2, -0.15) is 0 Å². The van der Waals surface area contributed by atoms with Crippen molar-refractivity contribution >= 4 is 0 Å². The molecule has 0 spiro atoms. The summed E-state index contributed by atoms with van der Waals surface area (Å²) in [6, 6.07) is 0. The van der Waals surface area contributed by atoms with Crippen LogP contribution in [0.25, 0.3) is 0 Å². The first-order valence-corrected chi connectivity index (χ1v) is 4.77. The van der Waals surface area contributed by atoms with Crippen molar-refractivity contribution < 1.29 is 0 Å².